The minimum Gasteiger partial charge on any atom is -0.311 e. The lowest BCUT2D eigenvalue weighted by molar-refractivity contribution is -0.624. The van der Waals surface area contributed by atoms with Crippen molar-refractivity contribution in [2.24, 2.45) is 0 Å². The number of hydrogen-bond donors (Lipinski definition) is 0. The van der Waals surface area contributed by atoms with Crippen LogP contribution in [0.2, 0.25) is 0 Å². The molecule has 0 aliphatic rings. The Morgan fingerprint density at radius 2 is 1.86 bits per heavy atom. The van der Waals surface area contributed by atoms with Gasteiger partial charge in [-0.2, -0.15) is 8.42 Å². The van der Waals surface area contributed by atoms with Crippen molar-refractivity contribution in [3.05, 3.63) is 10.1 Å². The van der Waals surface area contributed by atoms with Crippen LogP contribution >= 0.6 is 0 Å². The lowest BCUT2D eigenvalue weighted by Gasteiger charge is -2.03. The second kappa shape index (κ2) is 3.75. The van der Waals surface area contributed by atoms with Crippen LogP contribution < -0.4 is 0 Å². The summed E-state index contributed by atoms with van der Waals surface area (Å²) in [5.41, 5.74) is 0. The van der Waals surface area contributed by atoms with Crippen LogP contribution in [0.5, 0.6) is 0 Å². The van der Waals surface area contributed by atoms with E-state index in [4.69, 9.17) is 0 Å². The Bertz CT molecular complexity index is 348. The fourth-order valence-electron chi connectivity index (χ4n) is 0.230. The first-order chi connectivity index (χ1) is 6.13. The molecule has 0 aromatic heterocycles. The predicted molar refractivity (Wildman–Crippen MR) is 29.1 cm³/mol. The van der Waals surface area contributed by atoms with Gasteiger partial charge >= 0.3 is 22.4 Å². The van der Waals surface area contributed by atoms with Gasteiger partial charge in [0.2, 0.25) is 0 Å². The summed E-state index contributed by atoms with van der Waals surface area (Å²) >= 11 is 0. The van der Waals surface area contributed by atoms with Crippen LogP contribution in [0.4, 0.5) is 13.3 Å². The van der Waals surface area contributed by atoms with E-state index in [0.29, 0.717) is 0 Å². The molecule has 0 saturated carbocycles. The highest BCUT2D eigenvalue weighted by Crippen LogP contribution is 2.17. The maximum atomic E-state index is 12.0. The monoisotopic (exact) mass is 239 g/mol. The van der Waals surface area contributed by atoms with E-state index in [1.165, 1.54) is 0 Å². The molecule has 0 aliphatic heterocycles. The SMILES string of the molecule is O=C(OS(=O)(=O)OF)C(F)(F)[N+](=O)[O-]. The highest BCUT2D eigenvalue weighted by molar-refractivity contribution is 7.82. The molecule has 0 N–H and O–H groups in total. The number of hydrogen-bond acceptors (Lipinski definition) is 7. The summed E-state index contributed by atoms with van der Waals surface area (Å²) in [5.74, 6) is -3.08. The molecule has 0 radical (unpaired) electrons. The number of carbonyl (C=O) groups is 1. The van der Waals surface area contributed by atoms with Crippen molar-refractivity contribution >= 4 is 16.4 Å². The van der Waals surface area contributed by atoms with E-state index in [1.54, 1.807) is 0 Å². The second-order valence-corrected chi connectivity index (χ2v) is 2.75. The Balaban J connectivity index is 4.76. The molecule has 14 heavy (non-hydrogen) atoms. The molecule has 12 heteroatoms. The average molecular weight is 239 g/mol. The fraction of sp³-hybridized carbons (Fsp3) is 0.500. The Morgan fingerprint density at radius 1 is 1.43 bits per heavy atom. The first kappa shape index (κ1) is 12.6. The van der Waals surface area contributed by atoms with Crippen molar-refractivity contribution in [3.8, 4) is 0 Å². The molecular weight excluding hydrogens is 239 g/mol. The van der Waals surface area contributed by atoms with E-state index in [1.807, 2.05) is 4.39 Å². The Morgan fingerprint density at radius 3 is 2.14 bits per heavy atom. The van der Waals surface area contributed by atoms with Crippen molar-refractivity contribution < 1.29 is 40.0 Å². The van der Waals surface area contributed by atoms with E-state index in [9.17, 15) is 36.6 Å². The molecule has 0 atom stereocenters. The maximum Gasteiger partial charge on any atom is 0.614 e. The van der Waals surface area contributed by atoms with E-state index in [2.05, 4.69) is 4.18 Å². The van der Waals surface area contributed by atoms with Crippen LogP contribution in [0, 0.1) is 10.1 Å². The summed E-state index contributed by atoms with van der Waals surface area (Å²) in [6.07, 6.45) is 0. The topological polar surface area (TPSA) is 113 Å². The van der Waals surface area contributed by atoms with Gasteiger partial charge in [-0.1, -0.05) is 0 Å². The number of alkyl halides is 2. The van der Waals surface area contributed by atoms with Gasteiger partial charge in [0.05, 0.1) is 0 Å². The van der Waals surface area contributed by atoms with Gasteiger partial charge in [0, 0.05) is 0 Å². The zero-order chi connectivity index (χ0) is 11.6. The van der Waals surface area contributed by atoms with Gasteiger partial charge in [-0.05, 0) is 8.91 Å². The zero-order valence-corrected chi connectivity index (χ0v) is 6.66. The Labute approximate surface area is 73.6 Å². The van der Waals surface area contributed by atoms with Crippen LogP contribution in [0.25, 0.3) is 0 Å². The summed E-state index contributed by atoms with van der Waals surface area (Å²) < 4.78 is 59.3. The van der Waals surface area contributed by atoms with Crippen molar-refractivity contribution in [1.82, 2.24) is 0 Å². The molecule has 0 aromatic rings. The predicted octanol–water partition coefficient (Wildman–Crippen LogP) is -0.455. The molecule has 0 heterocycles. The van der Waals surface area contributed by atoms with Crippen LogP contribution in [0.15, 0.2) is 0 Å². The largest absolute Gasteiger partial charge is 0.614 e. The van der Waals surface area contributed by atoms with Crippen LogP contribution in [-0.2, 0) is 23.8 Å². The van der Waals surface area contributed by atoms with E-state index >= 15 is 0 Å². The molecule has 0 bridgehead atoms. The van der Waals surface area contributed by atoms with Gasteiger partial charge in [0.15, 0.2) is 0 Å². The minimum absolute atomic E-state index is 1.96. The molecule has 8 nitrogen and oxygen atoms in total. The lowest BCUT2D eigenvalue weighted by atomic mass is 10.6. The molecular formula is C2F3NO7S. The normalized spacial score (nSPS) is 12.2. The highest BCUT2D eigenvalue weighted by atomic mass is 32.3. The molecule has 0 rings (SSSR count). The summed E-state index contributed by atoms with van der Waals surface area (Å²) in [4.78, 5) is 17.1. The summed E-state index contributed by atoms with van der Waals surface area (Å²) in [6, 6.07) is -5.30. The van der Waals surface area contributed by atoms with Gasteiger partial charge in [0.25, 0.3) is 0 Å². The average Bonchev–Trinajstić information content (AvgIpc) is 2.03. The fourth-order valence-corrected chi connectivity index (χ4v) is 0.542. The van der Waals surface area contributed by atoms with Crippen molar-refractivity contribution in [2.75, 3.05) is 0 Å². The molecule has 0 aromatic carbocycles. The van der Waals surface area contributed by atoms with E-state index in [-0.39, 0.29) is 0 Å². The van der Waals surface area contributed by atoms with Gasteiger partial charge in [-0.15, -0.1) is 8.78 Å². The zero-order valence-electron chi connectivity index (χ0n) is 5.85. The van der Waals surface area contributed by atoms with Gasteiger partial charge < -0.3 is 4.18 Å². The maximum absolute atomic E-state index is 12.0. The smallest absolute Gasteiger partial charge is 0.311 e. The number of carbonyl (C=O) groups excluding carboxylic acids is 1. The van der Waals surface area contributed by atoms with Crippen molar-refractivity contribution in [3.63, 3.8) is 0 Å². The van der Waals surface area contributed by atoms with Gasteiger partial charge in [-0.3, -0.25) is 10.1 Å². The van der Waals surface area contributed by atoms with Crippen LogP contribution in [0.3, 0.4) is 0 Å². The highest BCUT2D eigenvalue weighted by Gasteiger charge is 2.57. The van der Waals surface area contributed by atoms with Crippen molar-refractivity contribution in [1.29, 1.82) is 0 Å². The number of rotatable bonds is 4. The molecule has 0 saturated heterocycles. The molecule has 0 unspecified atom stereocenters. The summed E-state index contributed by atoms with van der Waals surface area (Å²) in [5, 5.41) is 9.46. The first-order valence-corrected chi connectivity index (χ1v) is 3.78. The summed E-state index contributed by atoms with van der Waals surface area (Å²) in [7, 11) is -5.64. The third kappa shape index (κ3) is 2.81. The van der Waals surface area contributed by atoms with Crippen molar-refractivity contribution in [2.45, 2.75) is 6.05 Å². The van der Waals surface area contributed by atoms with Gasteiger partial charge in [-0.25, -0.2) is 4.79 Å². The van der Waals surface area contributed by atoms with E-state index in [0.717, 1.165) is 0 Å². The minimum atomic E-state index is -5.64. The third-order valence-electron chi connectivity index (χ3n) is 0.730. The van der Waals surface area contributed by atoms with Gasteiger partial charge in [0.1, 0.15) is 4.92 Å². The quantitative estimate of drug-likeness (QED) is 0.370. The molecule has 0 aliphatic carbocycles. The Hall–Kier alpha value is -1.43. The number of nitro groups is 1. The van der Waals surface area contributed by atoms with E-state index < -0.39 is 27.3 Å². The van der Waals surface area contributed by atoms with Crippen LogP contribution in [0.1, 0.15) is 0 Å². The Kier molecular flexibility index (Phi) is 3.37. The third-order valence-corrected chi connectivity index (χ3v) is 1.24. The standard InChI is InChI=1S/C2F3NO7S/c3-2(4,6(8)9)1(7)12-14(10,11)13-5. The molecule has 0 fully saturated rings. The molecule has 0 amide bonds. The number of nitrogens with zero attached hydrogens (tertiary/aromatic N) is 1. The lowest BCUT2D eigenvalue weighted by Crippen LogP contribution is -2.39. The number of halogens is 3. The molecule has 0 spiro atoms. The second-order valence-electron chi connectivity index (χ2n) is 1.64. The van der Waals surface area contributed by atoms with Crippen LogP contribution in [-0.4, -0.2) is 25.4 Å². The summed E-state index contributed by atoms with van der Waals surface area (Å²) in [6.45, 7) is 0. The molecule has 82 valence electrons. The first-order valence-electron chi connectivity index (χ1n) is 2.45.